The summed E-state index contributed by atoms with van der Waals surface area (Å²) >= 11 is 0. The third-order valence-corrected chi connectivity index (χ3v) is 3.53. The summed E-state index contributed by atoms with van der Waals surface area (Å²) in [6.07, 6.45) is 0.737. The summed E-state index contributed by atoms with van der Waals surface area (Å²) < 4.78 is 32.7. The van der Waals surface area contributed by atoms with Crippen LogP contribution in [0.5, 0.6) is 0 Å². The molecule has 1 N–H and O–H groups in total. The number of nitro groups is 1. The van der Waals surface area contributed by atoms with Crippen LogP contribution >= 0.6 is 0 Å². The molecule has 8 heteroatoms. The highest BCUT2D eigenvalue weighted by atomic mass is 19.1. The highest BCUT2D eigenvalue weighted by Gasteiger charge is 2.29. The lowest BCUT2D eigenvalue weighted by atomic mass is 10.00. The fourth-order valence-corrected chi connectivity index (χ4v) is 2.23. The Labute approximate surface area is 119 Å². The Morgan fingerprint density at radius 3 is 2.81 bits per heavy atom. The van der Waals surface area contributed by atoms with Crippen LogP contribution in [0, 0.1) is 27.7 Å². The van der Waals surface area contributed by atoms with Gasteiger partial charge in [-0.2, -0.15) is 4.39 Å². The van der Waals surface area contributed by atoms with E-state index >= 15 is 0 Å². The monoisotopic (exact) mass is 300 g/mol. The van der Waals surface area contributed by atoms with E-state index in [1.165, 1.54) is 0 Å². The Kier molecular flexibility index (Phi) is 4.46. The third-order valence-electron chi connectivity index (χ3n) is 3.53. The van der Waals surface area contributed by atoms with Gasteiger partial charge in [0.05, 0.1) is 11.5 Å². The van der Waals surface area contributed by atoms with E-state index in [1.54, 1.807) is 6.92 Å². The van der Waals surface area contributed by atoms with Crippen LogP contribution < -0.4 is 5.32 Å². The zero-order chi connectivity index (χ0) is 15.6. The van der Waals surface area contributed by atoms with Crippen LogP contribution in [0.2, 0.25) is 0 Å². The first-order valence-electron chi connectivity index (χ1n) is 6.42. The van der Waals surface area contributed by atoms with E-state index in [0.717, 1.165) is 6.42 Å². The van der Waals surface area contributed by atoms with Gasteiger partial charge in [0.15, 0.2) is 0 Å². The smallest absolute Gasteiger partial charge is 0.305 e. The summed E-state index contributed by atoms with van der Waals surface area (Å²) in [7, 11) is 0. The lowest BCUT2D eigenvalue weighted by molar-refractivity contribution is -0.387. The largest absolute Gasteiger partial charge is 0.381 e. The van der Waals surface area contributed by atoms with Gasteiger partial charge in [0.2, 0.25) is 5.82 Å². The van der Waals surface area contributed by atoms with Crippen LogP contribution in [-0.4, -0.2) is 30.1 Å². The van der Waals surface area contributed by atoms with Crippen molar-refractivity contribution < 1.29 is 23.2 Å². The molecule has 0 radical (unpaired) electrons. The number of nitro benzene ring substituents is 1. The second kappa shape index (κ2) is 6.13. The zero-order valence-electron chi connectivity index (χ0n) is 11.3. The first-order chi connectivity index (χ1) is 9.91. The topological polar surface area (TPSA) is 81.5 Å². The number of hydrogen-bond acceptors (Lipinski definition) is 4. The van der Waals surface area contributed by atoms with E-state index in [1.807, 2.05) is 0 Å². The molecule has 6 nitrogen and oxygen atoms in total. The highest BCUT2D eigenvalue weighted by Crippen LogP contribution is 2.24. The standard InChI is InChI=1S/C13H14F2N2O4/c1-7(8-4-5-21-6-8)16-13(18)11-9(14)2-3-10(12(11)15)17(19)20/h2-3,7-8H,4-6H2,1H3,(H,16,18). The molecule has 2 rings (SSSR count). The number of carbonyl (C=O) groups is 1. The average Bonchev–Trinajstić information content (AvgIpc) is 2.91. The number of nitrogens with zero attached hydrogens (tertiary/aromatic N) is 1. The van der Waals surface area contributed by atoms with Crippen LogP contribution in [0.15, 0.2) is 12.1 Å². The summed E-state index contributed by atoms with van der Waals surface area (Å²) in [5, 5.41) is 13.1. The van der Waals surface area contributed by atoms with Gasteiger partial charge in [-0.25, -0.2) is 4.39 Å². The maximum atomic E-state index is 13.9. The minimum atomic E-state index is -1.47. The van der Waals surface area contributed by atoms with Gasteiger partial charge in [-0.3, -0.25) is 14.9 Å². The van der Waals surface area contributed by atoms with Crippen molar-refractivity contribution in [3.8, 4) is 0 Å². The van der Waals surface area contributed by atoms with E-state index in [4.69, 9.17) is 4.74 Å². The zero-order valence-corrected chi connectivity index (χ0v) is 11.3. The lowest BCUT2D eigenvalue weighted by Gasteiger charge is -2.19. The van der Waals surface area contributed by atoms with Crippen LogP contribution in [0.25, 0.3) is 0 Å². The minimum absolute atomic E-state index is 0.0544. The van der Waals surface area contributed by atoms with Crippen LogP contribution in [0.3, 0.4) is 0 Å². The van der Waals surface area contributed by atoms with E-state index in [-0.39, 0.29) is 12.0 Å². The molecule has 1 aromatic carbocycles. The van der Waals surface area contributed by atoms with Gasteiger partial charge < -0.3 is 10.1 Å². The van der Waals surface area contributed by atoms with E-state index < -0.39 is 33.7 Å². The number of benzene rings is 1. The van der Waals surface area contributed by atoms with Crippen LogP contribution in [0.4, 0.5) is 14.5 Å². The normalized spacial score (nSPS) is 19.3. The molecule has 114 valence electrons. The molecule has 1 aliphatic rings. The molecular formula is C13H14F2N2O4. The Bertz CT molecular complexity index is 574. The number of hydrogen-bond donors (Lipinski definition) is 1. The maximum absolute atomic E-state index is 13.9. The predicted octanol–water partition coefficient (Wildman–Crippen LogP) is 2.03. The van der Waals surface area contributed by atoms with Gasteiger partial charge in [0.1, 0.15) is 11.4 Å². The summed E-state index contributed by atoms with van der Waals surface area (Å²) in [4.78, 5) is 21.6. The van der Waals surface area contributed by atoms with Gasteiger partial charge in [0.25, 0.3) is 5.91 Å². The maximum Gasteiger partial charge on any atom is 0.305 e. The summed E-state index contributed by atoms with van der Waals surface area (Å²) in [6.45, 7) is 2.73. The summed E-state index contributed by atoms with van der Waals surface area (Å²) in [5.74, 6) is -3.55. The Morgan fingerprint density at radius 1 is 1.52 bits per heavy atom. The number of carbonyl (C=O) groups excluding carboxylic acids is 1. The van der Waals surface area contributed by atoms with Crippen molar-refractivity contribution in [1.29, 1.82) is 0 Å². The fraction of sp³-hybridized carbons (Fsp3) is 0.462. The van der Waals surface area contributed by atoms with Crippen molar-refractivity contribution >= 4 is 11.6 Å². The molecule has 1 heterocycles. The number of nitrogens with one attached hydrogen (secondary N) is 1. The molecule has 21 heavy (non-hydrogen) atoms. The Balaban J connectivity index is 2.22. The predicted molar refractivity (Wildman–Crippen MR) is 68.9 cm³/mol. The number of halogens is 2. The first-order valence-corrected chi connectivity index (χ1v) is 6.42. The van der Waals surface area contributed by atoms with Gasteiger partial charge in [-0.15, -0.1) is 0 Å². The lowest BCUT2D eigenvalue weighted by Crippen LogP contribution is -2.39. The first kappa shape index (κ1) is 15.3. The van der Waals surface area contributed by atoms with Crippen molar-refractivity contribution in [3.63, 3.8) is 0 Å². The summed E-state index contributed by atoms with van der Waals surface area (Å²) in [5.41, 5.74) is -1.87. The van der Waals surface area contributed by atoms with Gasteiger partial charge >= 0.3 is 5.69 Å². The van der Waals surface area contributed by atoms with Crippen molar-refractivity contribution in [2.45, 2.75) is 19.4 Å². The molecule has 2 atom stereocenters. The molecule has 0 aliphatic carbocycles. The second-order valence-corrected chi connectivity index (χ2v) is 4.90. The Hall–Kier alpha value is -2.09. The minimum Gasteiger partial charge on any atom is -0.381 e. The number of ether oxygens (including phenoxy) is 1. The van der Waals surface area contributed by atoms with Crippen molar-refractivity contribution in [2.24, 2.45) is 5.92 Å². The third kappa shape index (κ3) is 3.15. The van der Waals surface area contributed by atoms with Gasteiger partial charge in [0, 0.05) is 24.6 Å². The summed E-state index contributed by atoms with van der Waals surface area (Å²) in [6, 6.07) is 1.05. The number of rotatable bonds is 4. The molecule has 1 aliphatic heterocycles. The van der Waals surface area contributed by atoms with Crippen molar-refractivity contribution in [1.82, 2.24) is 5.32 Å². The fourth-order valence-electron chi connectivity index (χ4n) is 2.23. The van der Waals surface area contributed by atoms with Crippen LogP contribution in [-0.2, 0) is 4.74 Å². The van der Waals surface area contributed by atoms with E-state index in [9.17, 15) is 23.7 Å². The number of amides is 1. The van der Waals surface area contributed by atoms with Crippen LogP contribution in [0.1, 0.15) is 23.7 Å². The molecule has 0 saturated carbocycles. The van der Waals surface area contributed by atoms with Gasteiger partial charge in [-0.05, 0) is 19.4 Å². The van der Waals surface area contributed by atoms with Crippen molar-refractivity contribution in [3.05, 3.63) is 39.4 Å². The molecule has 0 bridgehead atoms. The van der Waals surface area contributed by atoms with Gasteiger partial charge in [-0.1, -0.05) is 0 Å². The highest BCUT2D eigenvalue weighted by molar-refractivity contribution is 5.95. The molecule has 0 aromatic heterocycles. The van der Waals surface area contributed by atoms with Crippen molar-refractivity contribution in [2.75, 3.05) is 13.2 Å². The molecule has 1 saturated heterocycles. The second-order valence-electron chi connectivity index (χ2n) is 4.90. The quantitative estimate of drug-likeness (QED) is 0.681. The SMILES string of the molecule is CC(NC(=O)c1c(F)ccc([N+](=O)[O-])c1F)C1CCOC1. The Morgan fingerprint density at radius 2 is 2.24 bits per heavy atom. The van der Waals surface area contributed by atoms with E-state index in [2.05, 4.69) is 5.32 Å². The molecule has 1 aromatic rings. The molecule has 2 unspecified atom stereocenters. The van der Waals surface area contributed by atoms with E-state index in [0.29, 0.717) is 25.3 Å². The molecular weight excluding hydrogens is 286 g/mol. The average molecular weight is 300 g/mol. The molecule has 1 fully saturated rings. The molecule has 1 amide bonds. The molecule has 0 spiro atoms.